The molecule has 0 unspecified atom stereocenters. The SMILES string of the molecule is CCOCc1nc2c(N)ncc(C)c2n1CCCCNS(=O)(=O)c1ccccc1OC(F)(F)F. The van der Waals surface area contributed by atoms with Gasteiger partial charge in [0.15, 0.2) is 5.82 Å². The van der Waals surface area contributed by atoms with Crippen molar-refractivity contribution in [1.29, 1.82) is 0 Å². The van der Waals surface area contributed by atoms with Crippen LogP contribution in [0.2, 0.25) is 0 Å². The Balaban J connectivity index is 1.67. The van der Waals surface area contributed by atoms with Crippen LogP contribution < -0.4 is 15.2 Å². The Morgan fingerprint density at radius 2 is 1.94 bits per heavy atom. The van der Waals surface area contributed by atoms with E-state index in [1.807, 2.05) is 18.4 Å². The first-order valence-electron chi connectivity index (χ1n) is 10.6. The number of nitrogens with two attached hydrogens (primary N) is 1. The zero-order valence-corrected chi connectivity index (χ0v) is 19.5. The summed E-state index contributed by atoms with van der Waals surface area (Å²) < 4.78 is 76.6. The van der Waals surface area contributed by atoms with Crippen LogP contribution in [0.15, 0.2) is 35.4 Å². The number of nitrogens with zero attached hydrogens (tertiary/aromatic N) is 3. The molecule has 34 heavy (non-hydrogen) atoms. The summed E-state index contributed by atoms with van der Waals surface area (Å²) in [5.74, 6) is 0.206. The minimum atomic E-state index is -5.00. The Bertz CT molecular complexity index is 1250. The second-order valence-electron chi connectivity index (χ2n) is 7.44. The molecule has 3 N–H and O–H groups in total. The average Bonchev–Trinajstić information content (AvgIpc) is 3.13. The number of aromatic nitrogens is 3. The van der Waals surface area contributed by atoms with Crippen LogP contribution in [0.25, 0.3) is 11.0 Å². The molecular formula is C21H26F3N5O4S. The van der Waals surface area contributed by atoms with E-state index in [9.17, 15) is 21.6 Å². The lowest BCUT2D eigenvalue weighted by Crippen LogP contribution is -2.27. The lowest BCUT2D eigenvalue weighted by atomic mass is 10.2. The van der Waals surface area contributed by atoms with Gasteiger partial charge in [-0.05, 0) is 44.4 Å². The summed E-state index contributed by atoms with van der Waals surface area (Å²) in [5, 5.41) is 0. The second-order valence-corrected chi connectivity index (χ2v) is 9.18. The van der Waals surface area contributed by atoms with Gasteiger partial charge in [0, 0.05) is 25.9 Å². The maximum Gasteiger partial charge on any atom is 0.573 e. The molecule has 0 fully saturated rings. The number of aryl methyl sites for hydroxylation is 2. The number of imidazole rings is 1. The molecule has 0 atom stereocenters. The highest BCUT2D eigenvalue weighted by Gasteiger charge is 2.33. The molecule has 2 aromatic heterocycles. The number of halogens is 3. The molecule has 13 heteroatoms. The van der Waals surface area contributed by atoms with Crippen LogP contribution >= 0.6 is 0 Å². The molecule has 0 aliphatic heterocycles. The average molecular weight is 502 g/mol. The predicted molar refractivity (Wildman–Crippen MR) is 120 cm³/mol. The quantitative estimate of drug-likeness (QED) is 0.386. The van der Waals surface area contributed by atoms with E-state index in [0.717, 1.165) is 23.2 Å². The number of para-hydroxylation sites is 1. The molecule has 0 saturated heterocycles. The number of hydrogen-bond donors (Lipinski definition) is 2. The van der Waals surface area contributed by atoms with Gasteiger partial charge in [0.1, 0.15) is 28.6 Å². The van der Waals surface area contributed by atoms with Gasteiger partial charge in [0.25, 0.3) is 0 Å². The number of anilines is 1. The van der Waals surface area contributed by atoms with Crippen molar-refractivity contribution in [3.63, 3.8) is 0 Å². The summed E-state index contributed by atoms with van der Waals surface area (Å²) in [6, 6.07) is 4.60. The fourth-order valence-corrected chi connectivity index (χ4v) is 4.67. The number of ether oxygens (including phenoxy) is 2. The van der Waals surface area contributed by atoms with Crippen LogP contribution in [-0.2, 0) is 27.9 Å². The first-order chi connectivity index (χ1) is 16.0. The van der Waals surface area contributed by atoms with Crippen molar-refractivity contribution in [1.82, 2.24) is 19.3 Å². The van der Waals surface area contributed by atoms with E-state index in [-0.39, 0.29) is 13.2 Å². The second kappa shape index (κ2) is 10.6. The Morgan fingerprint density at radius 3 is 2.65 bits per heavy atom. The summed E-state index contributed by atoms with van der Waals surface area (Å²) in [6.45, 7) is 5.10. The van der Waals surface area contributed by atoms with Crippen LogP contribution in [0, 0.1) is 6.92 Å². The van der Waals surface area contributed by atoms with Crippen molar-refractivity contribution in [2.24, 2.45) is 0 Å². The fraction of sp³-hybridized carbons (Fsp3) is 0.429. The number of pyridine rings is 1. The summed E-state index contributed by atoms with van der Waals surface area (Å²) >= 11 is 0. The standard InChI is InChI=1S/C21H26F3N5O4S/c1-3-32-13-17-28-18-19(14(2)12-26-20(18)25)29(17)11-7-6-10-27-34(30,31)16-9-5-4-8-15(16)33-21(22,23)24/h4-5,8-9,12,27H,3,6-7,10-11,13H2,1-2H3,(H2,25,26). The molecule has 0 amide bonds. The molecule has 1 aromatic carbocycles. The third-order valence-electron chi connectivity index (χ3n) is 4.96. The molecule has 186 valence electrons. The van der Waals surface area contributed by atoms with Gasteiger partial charge in [-0.1, -0.05) is 12.1 Å². The van der Waals surface area contributed by atoms with Gasteiger partial charge in [-0.25, -0.2) is 23.1 Å². The number of nitrogen functional groups attached to an aromatic ring is 1. The zero-order valence-electron chi connectivity index (χ0n) is 18.7. The van der Waals surface area contributed by atoms with Gasteiger partial charge >= 0.3 is 6.36 Å². The number of hydrogen-bond acceptors (Lipinski definition) is 7. The Morgan fingerprint density at radius 1 is 1.21 bits per heavy atom. The highest BCUT2D eigenvalue weighted by atomic mass is 32.2. The Labute approximate surface area is 195 Å². The summed E-state index contributed by atoms with van der Waals surface area (Å²) in [4.78, 5) is 8.12. The van der Waals surface area contributed by atoms with Crippen LogP contribution in [-0.4, -0.2) is 42.5 Å². The van der Waals surface area contributed by atoms with Gasteiger partial charge in [-0.3, -0.25) is 0 Å². The van der Waals surface area contributed by atoms with Crippen molar-refractivity contribution in [2.75, 3.05) is 18.9 Å². The Hall–Kier alpha value is -2.90. The normalized spacial score (nSPS) is 12.4. The molecule has 0 aliphatic carbocycles. The molecule has 9 nitrogen and oxygen atoms in total. The van der Waals surface area contributed by atoms with Gasteiger partial charge in [0.2, 0.25) is 10.0 Å². The topological polar surface area (TPSA) is 121 Å². The van der Waals surface area contributed by atoms with Gasteiger partial charge in [-0.15, -0.1) is 13.2 Å². The highest BCUT2D eigenvalue weighted by molar-refractivity contribution is 7.89. The van der Waals surface area contributed by atoms with Crippen molar-refractivity contribution < 1.29 is 31.1 Å². The lowest BCUT2D eigenvalue weighted by molar-refractivity contribution is -0.275. The number of rotatable bonds is 11. The summed E-state index contributed by atoms with van der Waals surface area (Å²) in [5.41, 5.74) is 8.29. The number of benzene rings is 1. The summed E-state index contributed by atoms with van der Waals surface area (Å²) in [7, 11) is -4.20. The summed E-state index contributed by atoms with van der Waals surface area (Å²) in [6.07, 6.45) is -2.35. The minimum absolute atomic E-state index is 0.0266. The van der Waals surface area contributed by atoms with Crippen LogP contribution in [0.5, 0.6) is 5.75 Å². The van der Waals surface area contributed by atoms with Gasteiger partial charge < -0.3 is 19.8 Å². The molecule has 0 spiro atoms. The van der Waals surface area contributed by atoms with E-state index in [0.29, 0.717) is 43.2 Å². The van der Waals surface area contributed by atoms with Gasteiger partial charge in [-0.2, -0.15) is 0 Å². The number of sulfonamides is 1. The van der Waals surface area contributed by atoms with Gasteiger partial charge in [0.05, 0.1) is 5.52 Å². The number of unbranched alkanes of at least 4 members (excludes halogenated alkanes) is 1. The highest BCUT2D eigenvalue weighted by Crippen LogP contribution is 2.29. The third-order valence-corrected chi connectivity index (χ3v) is 6.46. The number of fused-ring (bicyclic) bond motifs is 1. The first-order valence-corrected chi connectivity index (χ1v) is 12.0. The van der Waals surface area contributed by atoms with E-state index in [2.05, 4.69) is 19.4 Å². The molecule has 3 rings (SSSR count). The maximum absolute atomic E-state index is 12.6. The molecule has 0 bridgehead atoms. The molecule has 2 heterocycles. The fourth-order valence-electron chi connectivity index (χ4n) is 3.47. The van der Waals surface area contributed by atoms with Crippen molar-refractivity contribution in [2.45, 2.75) is 51.1 Å². The predicted octanol–water partition coefficient (Wildman–Crippen LogP) is 3.52. The zero-order chi connectivity index (χ0) is 24.9. The maximum atomic E-state index is 12.6. The van der Waals surface area contributed by atoms with Crippen LogP contribution in [0.3, 0.4) is 0 Å². The number of nitrogens with one attached hydrogen (secondary N) is 1. The molecule has 0 radical (unpaired) electrons. The third kappa shape index (κ3) is 6.15. The number of alkyl halides is 3. The molecule has 0 aliphatic rings. The van der Waals surface area contributed by atoms with E-state index >= 15 is 0 Å². The van der Waals surface area contributed by atoms with Crippen LogP contribution in [0.1, 0.15) is 31.2 Å². The minimum Gasteiger partial charge on any atom is -0.404 e. The smallest absolute Gasteiger partial charge is 0.404 e. The van der Waals surface area contributed by atoms with Crippen molar-refractivity contribution in [3.05, 3.63) is 41.9 Å². The van der Waals surface area contributed by atoms with E-state index in [4.69, 9.17) is 10.5 Å². The van der Waals surface area contributed by atoms with Crippen molar-refractivity contribution >= 4 is 26.9 Å². The molecular weight excluding hydrogens is 475 g/mol. The van der Waals surface area contributed by atoms with Crippen molar-refractivity contribution in [3.8, 4) is 5.75 Å². The van der Waals surface area contributed by atoms with E-state index in [1.54, 1.807) is 6.20 Å². The lowest BCUT2D eigenvalue weighted by Gasteiger charge is -2.14. The molecule has 0 saturated carbocycles. The van der Waals surface area contributed by atoms with E-state index < -0.39 is 27.0 Å². The monoisotopic (exact) mass is 501 g/mol. The Kier molecular flexibility index (Phi) is 8.00. The largest absolute Gasteiger partial charge is 0.573 e. The van der Waals surface area contributed by atoms with E-state index in [1.165, 1.54) is 12.1 Å². The molecule has 3 aromatic rings. The first kappa shape index (κ1) is 25.7. The van der Waals surface area contributed by atoms with Crippen LogP contribution in [0.4, 0.5) is 19.0 Å².